The van der Waals surface area contributed by atoms with Crippen molar-refractivity contribution < 1.29 is 0 Å². The van der Waals surface area contributed by atoms with Gasteiger partial charge in [-0.15, -0.1) is 0 Å². The first-order chi connectivity index (χ1) is 6.58. The molecule has 1 saturated carbocycles. The molecule has 0 aromatic carbocycles. The topological polar surface area (TPSA) is 12.0 Å². The first-order valence-electron chi connectivity index (χ1n) is 6.32. The summed E-state index contributed by atoms with van der Waals surface area (Å²) in [6.07, 6.45) is 7.08. The molecular formula is C13H27N. The zero-order valence-corrected chi connectivity index (χ0v) is 10.4. The van der Waals surface area contributed by atoms with Gasteiger partial charge in [-0.05, 0) is 37.1 Å². The van der Waals surface area contributed by atoms with Gasteiger partial charge in [-0.3, -0.25) is 0 Å². The van der Waals surface area contributed by atoms with Crippen LogP contribution in [-0.4, -0.2) is 12.6 Å². The first kappa shape index (κ1) is 12.0. The maximum absolute atomic E-state index is 3.70. The lowest BCUT2D eigenvalue weighted by molar-refractivity contribution is 0.196. The second-order valence-electron chi connectivity index (χ2n) is 5.60. The summed E-state index contributed by atoms with van der Waals surface area (Å²) in [4.78, 5) is 0. The minimum absolute atomic E-state index is 0.584. The van der Waals surface area contributed by atoms with Gasteiger partial charge in [0.1, 0.15) is 0 Å². The Morgan fingerprint density at radius 2 is 1.79 bits per heavy atom. The van der Waals surface area contributed by atoms with E-state index < -0.39 is 0 Å². The molecule has 0 aromatic rings. The molecule has 1 rings (SSSR count). The Hall–Kier alpha value is -0.0400. The molecule has 0 saturated heterocycles. The van der Waals surface area contributed by atoms with Gasteiger partial charge in [0.25, 0.3) is 0 Å². The van der Waals surface area contributed by atoms with E-state index in [1.165, 1.54) is 32.1 Å². The zero-order chi connectivity index (χ0) is 10.6. The van der Waals surface area contributed by atoms with Crippen LogP contribution < -0.4 is 5.32 Å². The summed E-state index contributed by atoms with van der Waals surface area (Å²) in [7, 11) is 0. The van der Waals surface area contributed by atoms with Gasteiger partial charge >= 0.3 is 0 Å². The first-order valence-corrected chi connectivity index (χ1v) is 6.32. The van der Waals surface area contributed by atoms with Crippen molar-refractivity contribution >= 4 is 0 Å². The lowest BCUT2D eigenvalue weighted by Crippen LogP contribution is -2.43. The summed E-state index contributed by atoms with van der Waals surface area (Å²) < 4.78 is 0. The average Bonchev–Trinajstić information content (AvgIpc) is 2.52. The second-order valence-corrected chi connectivity index (χ2v) is 5.60. The number of nitrogens with one attached hydrogen (secondary N) is 1. The van der Waals surface area contributed by atoms with Crippen molar-refractivity contribution in [3.05, 3.63) is 0 Å². The lowest BCUT2D eigenvalue weighted by atomic mass is 9.77. The Morgan fingerprint density at radius 1 is 1.21 bits per heavy atom. The highest BCUT2D eigenvalue weighted by molar-refractivity contribution is 4.91. The van der Waals surface area contributed by atoms with Gasteiger partial charge in [0.2, 0.25) is 0 Å². The van der Waals surface area contributed by atoms with Crippen LogP contribution in [0.5, 0.6) is 0 Å². The summed E-state index contributed by atoms with van der Waals surface area (Å²) in [6.45, 7) is 10.5. The summed E-state index contributed by atoms with van der Waals surface area (Å²) in [5.74, 6) is 0.816. The van der Waals surface area contributed by atoms with Crippen molar-refractivity contribution in [1.82, 2.24) is 5.32 Å². The second kappa shape index (κ2) is 5.16. The van der Waals surface area contributed by atoms with E-state index in [-0.39, 0.29) is 0 Å². The largest absolute Gasteiger partial charge is 0.314 e. The average molecular weight is 197 g/mol. The summed E-state index contributed by atoms with van der Waals surface area (Å²) >= 11 is 0. The predicted molar refractivity (Wildman–Crippen MR) is 63.5 cm³/mol. The predicted octanol–water partition coefficient (Wildman–Crippen LogP) is 3.59. The molecule has 0 aromatic heterocycles. The van der Waals surface area contributed by atoms with Gasteiger partial charge in [0.15, 0.2) is 0 Å². The summed E-state index contributed by atoms with van der Waals surface area (Å²) in [5, 5.41) is 3.70. The molecule has 1 unspecified atom stereocenters. The normalized spacial score (nSPS) is 22.9. The van der Waals surface area contributed by atoms with Crippen molar-refractivity contribution in [3.63, 3.8) is 0 Å². The van der Waals surface area contributed by atoms with Crippen LogP contribution in [0.1, 0.15) is 59.8 Å². The highest BCUT2D eigenvalue weighted by Crippen LogP contribution is 2.42. The molecule has 14 heavy (non-hydrogen) atoms. The summed E-state index contributed by atoms with van der Waals surface area (Å²) in [5.41, 5.74) is 0.584. The van der Waals surface area contributed by atoms with E-state index in [4.69, 9.17) is 0 Å². The van der Waals surface area contributed by atoms with Crippen LogP contribution >= 0.6 is 0 Å². The van der Waals surface area contributed by atoms with Gasteiger partial charge in [-0.1, -0.05) is 40.5 Å². The molecule has 84 valence electrons. The third-order valence-electron chi connectivity index (χ3n) is 3.74. The number of hydrogen-bond acceptors (Lipinski definition) is 1. The van der Waals surface area contributed by atoms with Crippen LogP contribution in [0, 0.1) is 11.3 Å². The van der Waals surface area contributed by atoms with E-state index >= 15 is 0 Å². The minimum Gasteiger partial charge on any atom is -0.314 e. The Bertz CT molecular complexity index is 157. The van der Waals surface area contributed by atoms with Crippen molar-refractivity contribution in [2.24, 2.45) is 11.3 Å². The lowest BCUT2D eigenvalue weighted by Gasteiger charge is -2.36. The van der Waals surface area contributed by atoms with Crippen molar-refractivity contribution in [1.29, 1.82) is 0 Å². The zero-order valence-electron chi connectivity index (χ0n) is 10.4. The van der Waals surface area contributed by atoms with E-state index in [1.807, 2.05) is 0 Å². The van der Waals surface area contributed by atoms with Gasteiger partial charge in [0, 0.05) is 6.04 Å². The summed E-state index contributed by atoms with van der Waals surface area (Å²) in [6, 6.07) is 0.745. The fourth-order valence-electron chi connectivity index (χ4n) is 2.86. The monoisotopic (exact) mass is 197 g/mol. The molecule has 1 aliphatic carbocycles. The van der Waals surface area contributed by atoms with Crippen molar-refractivity contribution in [2.75, 3.05) is 6.54 Å². The Labute approximate surface area is 89.7 Å². The molecule has 1 aliphatic rings. The molecule has 1 nitrogen and oxygen atoms in total. The minimum atomic E-state index is 0.584. The van der Waals surface area contributed by atoms with E-state index in [0.29, 0.717) is 5.41 Å². The molecule has 1 fully saturated rings. The van der Waals surface area contributed by atoms with Crippen LogP contribution in [0.3, 0.4) is 0 Å². The fourth-order valence-corrected chi connectivity index (χ4v) is 2.86. The molecule has 0 bridgehead atoms. The van der Waals surface area contributed by atoms with E-state index in [1.54, 1.807) is 0 Å². The molecule has 0 radical (unpaired) electrons. The van der Waals surface area contributed by atoms with Gasteiger partial charge < -0.3 is 5.32 Å². The standard InChI is InChI=1S/C13H27N/c1-5-14-12(10-11(2)3)13(4)8-6-7-9-13/h11-12,14H,5-10H2,1-4H3. The number of rotatable bonds is 5. The van der Waals surface area contributed by atoms with Crippen LogP contribution in [0.25, 0.3) is 0 Å². The Balaban J connectivity index is 2.55. The molecule has 1 atom stereocenters. The molecule has 1 heteroatoms. The molecule has 1 N–H and O–H groups in total. The maximum atomic E-state index is 3.70. The van der Waals surface area contributed by atoms with Crippen LogP contribution in [0.15, 0.2) is 0 Å². The third-order valence-corrected chi connectivity index (χ3v) is 3.74. The third kappa shape index (κ3) is 2.98. The molecular weight excluding hydrogens is 170 g/mol. The SMILES string of the molecule is CCNC(CC(C)C)C1(C)CCCC1. The van der Waals surface area contributed by atoms with Gasteiger partial charge in [-0.25, -0.2) is 0 Å². The molecule has 0 spiro atoms. The van der Waals surface area contributed by atoms with E-state index in [9.17, 15) is 0 Å². The molecule has 0 aliphatic heterocycles. The maximum Gasteiger partial charge on any atom is 0.0123 e. The van der Waals surface area contributed by atoms with Crippen LogP contribution in [-0.2, 0) is 0 Å². The molecule has 0 amide bonds. The van der Waals surface area contributed by atoms with Gasteiger partial charge in [0.05, 0.1) is 0 Å². The van der Waals surface area contributed by atoms with Crippen LogP contribution in [0.2, 0.25) is 0 Å². The van der Waals surface area contributed by atoms with Gasteiger partial charge in [-0.2, -0.15) is 0 Å². The Kier molecular flexibility index (Phi) is 4.43. The molecule has 0 heterocycles. The quantitative estimate of drug-likeness (QED) is 0.710. The highest BCUT2D eigenvalue weighted by Gasteiger charge is 2.36. The van der Waals surface area contributed by atoms with E-state index in [2.05, 4.69) is 33.0 Å². The van der Waals surface area contributed by atoms with Crippen LogP contribution in [0.4, 0.5) is 0 Å². The smallest absolute Gasteiger partial charge is 0.0123 e. The number of hydrogen-bond donors (Lipinski definition) is 1. The van der Waals surface area contributed by atoms with Crippen molar-refractivity contribution in [2.45, 2.75) is 65.8 Å². The highest BCUT2D eigenvalue weighted by atomic mass is 14.9. The fraction of sp³-hybridized carbons (Fsp3) is 1.00. The van der Waals surface area contributed by atoms with E-state index in [0.717, 1.165) is 18.5 Å². The van der Waals surface area contributed by atoms with Crippen molar-refractivity contribution in [3.8, 4) is 0 Å². The Morgan fingerprint density at radius 3 is 2.21 bits per heavy atom.